The number of ether oxygens (including phenoxy) is 1. The molecule has 4 nitrogen and oxygen atoms in total. The van der Waals surface area contributed by atoms with Crippen molar-refractivity contribution in [2.24, 2.45) is 5.41 Å². The van der Waals surface area contributed by atoms with Crippen molar-refractivity contribution in [3.8, 4) is 5.75 Å². The van der Waals surface area contributed by atoms with Crippen molar-refractivity contribution in [1.82, 2.24) is 10.6 Å². The Labute approximate surface area is 125 Å². The maximum Gasteiger partial charge on any atom is 0.260 e. The first-order chi connectivity index (χ1) is 9.98. The number of nitrogens with one attached hydrogen (secondary N) is 2. The van der Waals surface area contributed by atoms with Gasteiger partial charge >= 0.3 is 0 Å². The van der Waals surface area contributed by atoms with E-state index in [0.29, 0.717) is 12.3 Å². The lowest BCUT2D eigenvalue weighted by atomic mass is 9.81. The van der Waals surface area contributed by atoms with E-state index in [9.17, 15) is 9.18 Å². The zero-order valence-electron chi connectivity index (χ0n) is 12.6. The van der Waals surface area contributed by atoms with E-state index in [-0.39, 0.29) is 17.1 Å². The van der Waals surface area contributed by atoms with Crippen LogP contribution in [0.2, 0.25) is 0 Å². The third-order valence-electron chi connectivity index (χ3n) is 3.98. The summed E-state index contributed by atoms with van der Waals surface area (Å²) in [6, 6.07) is 5.82. The fraction of sp³-hybridized carbons (Fsp3) is 0.562. The summed E-state index contributed by atoms with van der Waals surface area (Å²) in [5.41, 5.74) is 0.138. The van der Waals surface area contributed by atoms with Crippen LogP contribution in [0.3, 0.4) is 0 Å². The minimum absolute atomic E-state index is 0.138. The van der Waals surface area contributed by atoms with Gasteiger partial charge in [0.2, 0.25) is 0 Å². The first-order valence-corrected chi connectivity index (χ1v) is 7.39. The summed E-state index contributed by atoms with van der Waals surface area (Å²) < 4.78 is 18.5. The average molecular weight is 294 g/mol. The van der Waals surface area contributed by atoms with E-state index in [2.05, 4.69) is 17.6 Å². The zero-order chi connectivity index (χ0) is 15.3. The van der Waals surface area contributed by atoms with E-state index in [4.69, 9.17) is 4.74 Å². The maximum absolute atomic E-state index is 13.1. The lowest BCUT2D eigenvalue weighted by Gasteiger charge is -2.34. The van der Waals surface area contributed by atoms with Gasteiger partial charge in [-0.15, -0.1) is 0 Å². The summed E-state index contributed by atoms with van der Waals surface area (Å²) in [6.07, 6.45) is 1.45. The number of rotatable bonds is 5. The van der Waals surface area contributed by atoms with Crippen LogP contribution in [0.5, 0.6) is 5.75 Å². The monoisotopic (exact) mass is 294 g/mol. The van der Waals surface area contributed by atoms with Gasteiger partial charge < -0.3 is 15.4 Å². The Morgan fingerprint density at radius 2 is 2.19 bits per heavy atom. The lowest BCUT2D eigenvalue weighted by molar-refractivity contribution is -0.127. The summed E-state index contributed by atoms with van der Waals surface area (Å²) in [5, 5.41) is 6.26. The van der Waals surface area contributed by atoms with E-state index >= 15 is 0 Å². The smallest absolute Gasteiger partial charge is 0.260 e. The molecule has 0 radical (unpaired) electrons. The Morgan fingerprint density at radius 1 is 1.48 bits per heavy atom. The Morgan fingerprint density at radius 3 is 2.86 bits per heavy atom. The van der Waals surface area contributed by atoms with Gasteiger partial charge in [0, 0.05) is 12.6 Å². The van der Waals surface area contributed by atoms with Crippen molar-refractivity contribution in [2.45, 2.75) is 32.8 Å². The van der Waals surface area contributed by atoms with Gasteiger partial charge in [-0.25, -0.2) is 4.39 Å². The molecule has 5 heteroatoms. The molecule has 0 bridgehead atoms. The van der Waals surface area contributed by atoms with Crippen LogP contribution in [0.1, 0.15) is 26.7 Å². The second-order valence-electron chi connectivity index (χ2n) is 6.00. The van der Waals surface area contributed by atoms with Crippen LogP contribution in [0, 0.1) is 11.2 Å². The number of halogens is 1. The molecule has 2 N–H and O–H groups in total. The zero-order valence-corrected chi connectivity index (χ0v) is 12.6. The van der Waals surface area contributed by atoms with E-state index in [0.717, 1.165) is 25.9 Å². The van der Waals surface area contributed by atoms with Gasteiger partial charge in [-0.05, 0) is 50.4 Å². The summed E-state index contributed by atoms with van der Waals surface area (Å²) in [4.78, 5) is 12.1. The highest BCUT2D eigenvalue weighted by Gasteiger charge is 2.28. The summed E-state index contributed by atoms with van der Waals surface area (Å²) in [5.74, 6) is -0.174. The van der Waals surface area contributed by atoms with Crippen LogP contribution in [0.4, 0.5) is 4.39 Å². The van der Waals surface area contributed by atoms with Crippen molar-refractivity contribution in [3.63, 3.8) is 0 Å². The average Bonchev–Trinajstić information content (AvgIpc) is 2.45. The molecular formula is C16H23FN2O2. The van der Waals surface area contributed by atoms with Gasteiger partial charge in [0.1, 0.15) is 11.6 Å². The molecule has 116 valence electrons. The van der Waals surface area contributed by atoms with Crippen LogP contribution < -0.4 is 15.4 Å². The largest absolute Gasteiger partial charge is 0.481 e. The number of amides is 1. The van der Waals surface area contributed by atoms with Gasteiger partial charge in [-0.3, -0.25) is 4.79 Å². The van der Waals surface area contributed by atoms with Crippen LogP contribution >= 0.6 is 0 Å². The number of benzene rings is 1. The van der Waals surface area contributed by atoms with Crippen molar-refractivity contribution < 1.29 is 13.9 Å². The third-order valence-corrected chi connectivity index (χ3v) is 3.98. The molecule has 1 aliphatic heterocycles. The highest BCUT2D eigenvalue weighted by atomic mass is 19.1. The van der Waals surface area contributed by atoms with Crippen LogP contribution in [-0.2, 0) is 4.79 Å². The number of hydrogen-bond donors (Lipinski definition) is 2. The predicted octanol–water partition coefficient (Wildman–Crippen LogP) is 2.10. The second-order valence-corrected chi connectivity index (χ2v) is 6.00. The Hall–Kier alpha value is -1.62. The van der Waals surface area contributed by atoms with Crippen molar-refractivity contribution in [3.05, 3.63) is 30.1 Å². The first kappa shape index (κ1) is 15.8. The molecule has 1 aliphatic rings. The molecule has 1 fully saturated rings. The molecule has 1 amide bonds. The van der Waals surface area contributed by atoms with Crippen molar-refractivity contribution in [1.29, 1.82) is 0 Å². The Kier molecular flexibility index (Phi) is 5.17. The SMILES string of the molecule is CC(Oc1cccc(F)c1)C(=O)NCC1(C)CCNCC1. The van der Waals surface area contributed by atoms with Crippen LogP contribution in [0.15, 0.2) is 24.3 Å². The molecule has 0 aliphatic carbocycles. The highest BCUT2D eigenvalue weighted by Crippen LogP contribution is 2.26. The molecule has 1 aromatic carbocycles. The minimum Gasteiger partial charge on any atom is -0.481 e. The Balaban J connectivity index is 1.82. The number of carbonyl (C=O) groups is 1. The third kappa shape index (κ3) is 4.70. The molecule has 1 aromatic rings. The van der Waals surface area contributed by atoms with Crippen LogP contribution in [0.25, 0.3) is 0 Å². The molecule has 1 unspecified atom stereocenters. The summed E-state index contributed by atoms with van der Waals surface area (Å²) in [7, 11) is 0. The molecule has 21 heavy (non-hydrogen) atoms. The molecule has 0 saturated carbocycles. The van der Waals surface area contributed by atoms with Crippen LogP contribution in [-0.4, -0.2) is 31.6 Å². The number of carbonyl (C=O) groups excluding carboxylic acids is 1. The molecular weight excluding hydrogens is 271 g/mol. The summed E-state index contributed by atoms with van der Waals surface area (Å²) in [6.45, 7) is 6.48. The topological polar surface area (TPSA) is 50.4 Å². The minimum atomic E-state index is -0.642. The molecule has 0 spiro atoms. The van der Waals surface area contributed by atoms with Gasteiger partial charge in [0.05, 0.1) is 0 Å². The fourth-order valence-electron chi connectivity index (χ4n) is 2.45. The second kappa shape index (κ2) is 6.89. The molecule has 1 saturated heterocycles. The van der Waals surface area contributed by atoms with E-state index in [1.807, 2.05) is 0 Å². The van der Waals surface area contributed by atoms with E-state index in [1.165, 1.54) is 12.1 Å². The number of hydrogen-bond acceptors (Lipinski definition) is 3. The standard InChI is InChI=1S/C16H23FN2O2/c1-12(21-14-5-3-4-13(17)10-14)15(20)19-11-16(2)6-8-18-9-7-16/h3-5,10,12,18H,6-9,11H2,1-2H3,(H,19,20). The normalized spacial score (nSPS) is 18.8. The first-order valence-electron chi connectivity index (χ1n) is 7.39. The molecule has 1 atom stereocenters. The van der Waals surface area contributed by atoms with E-state index < -0.39 is 6.10 Å². The summed E-state index contributed by atoms with van der Waals surface area (Å²) >= 11 is 0. The molecule has 2 rings (SSSR count). The lowest BCUT2D eigenvalue weighted by Crippen LogP contribution is -2.45. The highest BCUT2D eigenvalue weighted by molar-refractivity contribution is 5.80. The quantitative estimate of drug-likeness (QED) is 0.874. The van der Waals surface area contributed by atoms with Gasteiger partial charge in [-0.1, -0.05) is 13.0 Å². The number of piperidine rings is 1. The van der Waals surface area contributed by atoms with Crippen molar-refractivity contribution >= 4 is 5.91 Å². The fourth-order valence-corrected chi connectivity index (χ4v) is 2.45. The van der Waals surface area contributed by atoms with Gasteiger partial charge in [0.15, 0.2) is 6.10 Å². The Bertz CT molecular complexity index is 487. The van der Waals surface area contributed by atoms with Crippen molar-refractivity contribution in [2.75, 3.05) is 19.6 Å². The predicted molar refractivity (Wildman–Crippen MR) is 79.7 cm³/mol. The maximum atomic E-state index is 13.1. The van der Waals surface area contributed by atoms with Gasteiger partial charge in [-0.2, -0.15) is 0 Å². The molecule has 1 heterocycles. The molecule has 0 aromatic heterocycles. The van der Waals surface area contributed by atoms with Gasteiger partial charge in [0.25, 0.3) is 5.91 Å². The van der Waals surface area contributed by atoms with E-state index in [1.54, 1.807) is 19.1 Å².